The summed E-state index contributed by atoms with van der Waals surface area (Å²) in [5.74, 6) is -0.392. The van der Waals surface area contributed by atoms with Gasteiger partial charge in [-0.1, -0.05) is 32.0 Å². The van der Waals surface area contributed by atoms with E-state index in [1.807, 2.05) is 20.8 Å². The second-order valence-electron chi connectivity index (χ2n) is 8.60. The Labute approximate surface area is 186 Å². The third-order valence-electron chi connectivity index (χ3n) is 5.31. The van der Waals surface area contributed by atoms with E-state index in [-0.39, 0.29) is 35.1 Å². The Kier molecular flexibility index (Phi) is 7.02. The van der Waals surface area contributed by atoms with Crippen LogP contribution in [0.3, 0.4) is 0 Å². The number of imidazole rings is 1. The number of aromatic nitrogens is 2. The van der Waals surface area contributed by atoms with Gasteiger partial charge in [0.1, 0.15) is 0 Å². The topological polar surface area (TPSA) is 72.3 Å². The van der Waals surface area contributed by atoms with Crippen LogP contribution in [0.1, 0.15) is 62.9 Å². The van der Waals surface area contributed by atoms with Gasteiger partial charge in [-0.15, -0.1) is 0 Å². The summed E-state index contributed by atoms with van der Waals surface area (Å²) < 4.78 is 66.9. The Hall–Kier alpha value is -2.36. The minimum absolute atomic E-state index is 0.0144. The van der Waals surface area contributed by atoms with Crippen molar-refractivity contribution in [3.63, 3.8) is 0 Å². The highest BCUT2D eigenvalue weighted by atomic mass is 32.2. The highest BCUT2D eigenvalue weighted by Crippen LogP contribution is 2.39. The van der Waals surface area contributed by atoms with Gasteiger partial charge in [-0.2, -0.15) is 13.2 Å². The number of nitrogens with zero attached hydrogens (tertiary/aromatic N) is 3. The molecule has 1 aliphatic rings. The molecule has 0 N–H and O–H groups in total. The molecule has 0 aliphatic heterocycles. The minimum atomic E-state index is -4.55. The number of halogens is 3. The largest absolute Gasteiger partial charge is 0.416 e. The van der Waals surface area contributed by atoms with E-state index >= 15 is 0 Å². The first-order chi connectivity index (χ1) is 14.9. The average molecular weight is 472 g/mol. The quantitative estimate of drug-likeness (QED) is 0.536. The molecule has 0 saturated heterocycles. The number of sulfone groups is 1. The second kappa shape index (κ2) is 9.25. The molecule has 176 valence electrons. The molecule has 32 heavy (non-hydrogen) atoms. The van der Waals surface area contributed by atoms with Crippen LogP contribution in [0.15, 0.2) is 35.6 Å². The molecule has 0 radical (unpaired) electrons. The number of alkyl halides is 3. The van der Waals surface area contributed by atoms with Crippen molar-refractivity contribution < 1.29 is 26.4 Å². The van der Waals surface area contributed by atoms with Crippen LogP contribution in [-0.2, 0) is 33.1 Å². The SMILES string of the molecule is CCN(Cc1cnc(S(=O)(=O)Cc2cccc(C(F)(F)F)c2)n1C1CC1)C(=O)CC(C)C. The summed E-state index contributed by atoms with van der Waals surface area (Å²) >= 11 is 0. The Morgan fingerprint density at radius 2 is 1.97 bits per heavy atom. The van der Waals surface area contributed by atoms with Gasteiger partial charge in [-0.25, -0.2) is 13.4 Å². The third kappa shape index (κ3) is 5.70. The Morgan fingerprint density at radius 1 is 1.28 bits per heavy atom. The number of rotatable bonds is 9. The van der Waals surface area contributed by atoms with Gasteiger partial charge < -0.3 is 9.47 Å². The molecular weight excluding hydrogens is 443 g/mol. The van der Waals surface area contributed by atoms with E-state index in [9.17, 15) is 26.4 Å². The van der Waals surface area contributed by atoms with Gasteiger partial charge in [-0.3, -0.25) is 4.79 Å². The molecule has 1 saturated carbocycles. The van der Waals surface area contributed by atoms with Crippen molar-refractivity contribution in [2.75, 3.05) is 6.54 Å². The van der Waals surface area contributed by atoms with E-state index in [0.29, 0.717) is 18.7 Å². The molecule has 0 atom stereocenters. The second-order valence-corrected chi connectivity index (χ2v) is 10.5. The third-order valence-corrected chi connectivity index (χ3v) is 6.88. The fraction of sp³-hybridized carbons (Fsp3) is 0.545. The maximum atomic E-state index is 13.1. The predicted molar refractivity (Wildman–Crippen MR) is 113 cm³/mol. The van der Waals surface area contributed by atoms with Gasteiger partial charge in [0.15, 0.2) is 0 Å². The molecule has 0 spiro atoms. The van der Waals surface area contributed by atoms with Crippen molar-refractivity contribution in [2.24, 2.45) is 5.92 Å². The lowest BCUT2D eigenvalue weighted by molar-refractivity contribution is -0.137. The molecule has 0 unspecified atom stereocenters. The maximum Gasteiger partial charge on any atom is 0.416 e. The van der Waals surface area contributed by atoms with Gasteiger partial charge >= 0.3 is 6.18 Å². The lowest BCUT2D eigenvalue weighted by atomic mass is 10.1. The first-order valence-electron chi connectivity index (χ1n) is 10.6. The van der Waals surface area contributed by atoms with Gasteiger partial charge in [0, 0.05) is 19.0 Å². The lowest BCUT2D eigenvalue weighted by Crippen LogP contribution is -2.32. The van der Waals surface area contributed by atoms with E-state index in [2.05, 4.69) is 4.98 Å². The summed E-state index contributed by atoms with van der Waals surface area (Å²) in [6.07, 6.45) is -1.11. The zero-order valence-corrected chi connectivity index (χ0v) is 19.2. The maximum absolute atomic E-state index is 13.1. The van der Waals surface area contributed by atoms with E-state index in [4.69, 9.17) is 0 Å². The van der Waals surface area contributed by atoms with Crippen LogP contribution < -0.4 is 0 Å². The van der Waals surface area contributed by atoms with E-state index in [1.54, 1.807) is 9.47 Å². The van der Waals surface area contributed by atoms with Crippen LogP contribution in [0, 0.1) is 5.92 Å². The summed E-state index contributed by atoms with van der Waals surface area (Å²) in [6, 6.07) is 4.30. The molecule has 1 fully saturated rings. The van der Waals surface area contributed by atoms with Crippen molar-refractivity contribution in [1.29, 1.82) is 0 Å². The zero-order chi connectivity index (χ0) is 23.7. The first-order valence-corrected chi connectivity index (χ1v) is 12.3. The van der Waals surface area contributed by atoms with Crippen LogP contribution in [0.5, 0.6) is 0 Å². The molecule has 6 nitrogen and oxygen atoms in total. The lowest BCUT2D eigenvalue weighted by Gasteiger charge is -2.23. The fourth-order valence-corrected chi connectivity index (χ4v) is 5.15. The minimum Gasteiger partial charge on any atom is -0.337 e. The molecule has 0 bridgehead atoms. The smallest absolute Gasteiger partial charge is 0.337 e. The molecule has 1 heterocycles. The van der Waals surface area contributed by atoms with Crippen LogP contribution in [0.4, 0.5) is 13.2 Å². The molecule has 10 heteroatoms. The number of hydrogen-bond acceptors (Lipinski definition) is 4. The van der Waals surface area contributed by atoms with Crippen LogP contribution in [0.2, 0.25) is 0 Å². The molecular formula is C22H28F3N3O3S. The number of carbonyl (C=O) groups is 1. The van der Waals surface area contributed by atoms with Crippen molar-refractivity contribution in [2.45, 2.75) is 69.7 Å². The van der Waals surface area contributed by atoms with Crippen LogP contribution in [0.25, 0.3) is 0 Å². The van der Waals surface area contributed by atoms with E-state index in [1.165, 1.54) is 18.3 Å². The van der Waals surface area contributed by atoms with E-state index in [0.717, 1.165) is 25.0 Å². The van der Waals surface area contributed by atoms with Gasteiger partial charge in [0.2, 0.25) is 20.9 Å². The van der Waals surface area contributed by atoms with Crippen LogP contribution >= 0.6 is 0 Å². The highest BCUT2D eigenvalue weighted by Gasteiger charge is 2.35. The molecule has 1 aliphatic carbocycles. The molecule has 1 aromatic carbocycles. The number of benzene rings is 1. The van der Waals surface area contributed by atoms with Gasteiger partial charge in [0.25, 0.3) is 0 Å². The number of amides is 1. The summed E-state index contributed by atoms with van der Waals surface area (Å²) in [7, 11) is -3.99. The molecule has 2 aromatic rings. The molecule has 1 aromatic heterocycles. The first kappa shape index (κ1) is 24.3. The Bertz CT molecular complexity index is 1070. The number of carbonyl (C=O) groups excluding carboxylic acids is 1. The summed E-state index contributed by atoms with van der Waals surface area (Å²) in [5.41, 5.74) is -0.221. The Morgan fingerprint density at radius 3 is 2.53 bits per heavy atom. The van der Waals surface area contributed by atoms with Gasteiger partial charge in [-0.05, 0) is 37.3 Å². The molecule has 3 rings (SSSR count). The fourth-order valence-electron chi connectivity index (χ4n) is 3.62. The van der Waals surface area contributed by atoms with Crippen molar-refractivity contribution in [1.82, 2.24) is 14.5 Å². The van der Waals surface area contributed by atoms with Crippen molar-refractivity contribution >= 4 is 15.7 Å². The predicted octanol–water partition coefficient (Wildman–Crippen LogP) is 4.61. The van der Waals surface area contributed by atoms with Crippen molar-refractivity contribution in [3.05, 3.63) is 47.3 Å². The normalized spacial score (nSPS) is 14.7. The van der Waals surface area contributed by atoms with E-state index < -0.39 is 27.3 Å². The Balaban J connectivity index is 1.88. The summed E-state index contributed by atoms with van der Waals surface area (Å²) in [6.45, 7) is 6.50. The average Bonchev–Trinajstić information content (AvgIpc) is 3.43. The monoisotopic (exact) mass is 471 g/mol. The van der Waals surface area contributed by atoms with Gasteiger partial charge in [0.05, 0.1) is 29.8 Å². The highest BCUT2D eigenvalue weighted by molar-refractivity contribution is 7.90. The zero-order valence-electron chi connectivity index (χ0n) is 18.4. The van der Waals surface area contributed by atoms with Crippen LogP contribution in [-0.4, -0.2) is 35.3 Å². The molecule has 1 amide bonds. The summed E-state index contributed by atoms with van der Waals surface area (Å²) in [5, 5.41) is -0.153. The number of hydrogen-bond donors (Lipinski definition) is 0. The summed E-state index contributed by atoms with van der Waals surface area (Å²) in [4.78, 5) is 18.3. The standard InChI is InChI=1S/C22H28F3N3O3S/c1-4-27(20(29)10-15(2)3)13-19-12-26-21(28(19)18-8-9-18)32(30,31)14-16-6-5-7-17(11-16)22(23,24)25/h5-7,11-12,15,18H,4,8-10,13-14H2,1-3H3. The van der Waals surface area contributed by atoms with Crippen molar-refractivity contribution in [3.8, 4) is 0 Å².